The van der Waals surface area contributed by atoms with Gasteiger partial charge in [0.1, 0.15) is 0 Å². The summed E-state index contributed by atoms with van der Waals surface area (Å²) in [6.07, 6.45) is -0.547. The molecule has 1 heterocycles. The zero-order valence-corrected chi connectivity index (χ0v) is 7.33. The monoisotopic (exact) mass is 181 g/mol. The molecule has 1 rings (SSSR count). The first-order valence-electron chi connectivity index (χ1n) is 3.74. The Hall–Kier alpha value is 0.170. The summed E-state index contributed by atoms with van der Waals surface area (Å²) in [6.45, 7) is 1.45. The first-order chi connectivity index (χ1) is 5.05. The van der Waals surface area contributed by atoms with Gasteiger partial charge in [0, 0.05) is 5.25 Å². The van der Waals surface area contributed by atoms with Crippen LogP contribution in [-0.4, -0.2) is 23.0 Å². The van der Waals surface area contributed by atoms with Gasteiger partial charge >= 0.3 is 0 Å². The Bertz CT molecular complexity index is 132. The van der Waals surface area contributed by atoms with Gasteiger partial charge in [0.2, 0.25) is 0 Å². The van der Waals surface area contributed by atoms with Crippen LogP contribution in [0, 0.1) is 0 Å². The van der Waals surface area contributed by atoms with E-state index in [4.69, 9.17) is 5.73 Å². The minimum atomic E-state index is -2.40. The van der Waals surface area contributed by atoms with Gasteiger partial charge in [-0.3, -0.25) is 0 Å². The van der Waals surface area contributed by atoms with Crippen molar-refractivity contribution >= 4 is 11.8 Å². The van der Waals surface area contributed by atoms with E-state index >= 15 is 0 Å². The van der Waals surface area contributed by atoms with Crippen LogP contribution >= 0.6 is 11.8 Å². The fourth-order valence-electron chi connectivity index (χ4n) is 1.21. The van der Waals surface area contributed by atoms with E-state index in [0.717, 1.165) is 18.6 Å². The summed E-state index contributed by atoms with van der Waals surface area (Å²) < 4.78 is 24.7. The molecule has 1 aliphatic rings. The molecule has 0 saturated carbocycles. The van der Waals surface area contributed by atoms with Crippen molar-refractivity contribution in [2.75, 3.05) is 5.75 Å². The molecule has 2 unspecified atom stereocenters. The highest BCUT2D eigenvalue weighted by Crippen LogP contribution is 2.35. The molecule has 2 atom stereocenters. The van der Waals surface area contributed by atoms with Crippen LogP contribution in [0.3, 0.4) is 0 Å². The Morgan fingerprint density at radius 1 is 1.64 bits per heavy atom. The molecule has 1 nitrogen and oxygen atoms in total. The summed E-state index contributed by atoms with van der Waals surface area (Å²) in [7, 11) is 0. The Balaban J connectivity index is 2.55. The molecule has 0 bridgehead atoms. The van der Waals surface area contributed by atoms with Crippen LogP contribution in [0.4, 0.5) is 8.78 Å². The van der Waals surface area contributed by atoms with Crippen molar-refractivity contribution in [1.29, 1.82) is 0 Å². The van der Waals surface area contributed by atoms with E-state index in [1.807, 2.05) is 0 Å². The number of rotatable bonds is 2. The van der Waals surface area contributed by atoms with Gasteiger partial charge in [-0.15, -0.1) is 0 Å². The maximum Gasteiger partial charge on any atom is 0.257 e. The average molecular weight is 181 g/mol. The summed E-state index contributed by atoms with van der Waals surface area (Å²) in [4.78, 5) is 0. The number of nitrogens with two attached hydrogens (primary N) is 1. The molecule has 4 heteroatoms. The number of hydrogen-bond acceptors (Lipinski definition) is 2. The topological polar surface area (TPSA) is 26.0 Å². The predicted octanol–water partition coefficient (Wildman–Crippen LogP) is 1.86. The summed E-state index contributed by atoms with van der Waals surface area (Å²) in [5, 5.41) is -0.0532. The van der Waals surface area contributed by atoms with Crippen LogP contribution in [0.1, 0.15) is 19.8 Å². The molecule has 0 aromatic heterocycles. The largest absolute Gasteiger partial charge is 0.320 e. The Kier molecular flexibility index (Phi) is 2.75. The molecule has 0 amide bonds. The molecule has 0 aliphatic carbocycles. The maximum atomic E-state index is 12.3. The smallest absolute Gasteiger partial charge is 0.257 e. The van der Waals surface area contributed by atoms with Crippen molar-refractivity contribution in [2.24, 2.45) is 5.73 Å². The summed E-state index contributed by atoms with van der Waals surface area (Å²) in [6, 6.07) is 0. The molecule has 0 radical (unpaired) electrons. The van der Waals surface area contributed by atoms with E-state index < -0.39 is 12.0 Å². The van der Waals surface area contributed by atoms with E-state index in [-0.39, 0.29) is 5.25 Å². The zero-order valence-electron chi connectivity index (χ0n) is 6.52. The number of alkyl halides is 2. The fourth-order valence-corrected chi connectivity index (χ4v) is 2.62. The van der Waals surface area contributed by atoms with Crippen molar-refractivity contribution in [3.8, 4) is 0 Å². The highest BCUT2D eigenvalue weighted by Gasteiger charge is 2.40. The lowest BCUT2D eigenvalue weighted by Crippen LogP contribution is -2.51. The van der Waals surface area contributed by atoms with Crippen LogP contribution < -0.4 is 5.73 Å². The molecule has 66 valence electrons. The quantitative estimate of drug-likeness (QED) is 0.703. The minimum Gasteiger partial charge on any atom is -0.320 e. The molecule has 1 saturated heterocycles. The standard InChI is InChI=1S/C7H13F2NS/c1-7(10,6(8)9)5-3-2-4-11-5/h5-6H,2-4,10H2,1H3. The molecule has 2 N–H and O–H groups in total. The van der Waals surface area contributed by atoms with Crippen LogP contribution in [0.25, 0.3) is 0 Å². The second kappa shape index (κ2) is 3.27. The predicted molar refractivity (Wildman–Crippen MR) is 44.1 cm³/mol. The van der Waals surface area contributed by atoms with E-state index in [1.54, 1.807) is 11.8 Å². The van der Waals surface area contributed by atoms with Crippen LogP contribution in [-0.2, 0) is 0 Å². The molecule has 0 spiro atoms. The lowest BCUT2D eigenvalue weighted by Gasteiger charge is -2.29. The molecular formula is C7H13F2NS. The van der Waals surface area contributed by atoms with Crippen LogP contribution in [0.15, 0.2) is 0 Å². The van der Waals surface area contributed by atoms with Crippen molar-refractivity contribution in [3.63, 3.8) is 0 Å². The maximum absolute atomic E-state index is 12.3. The molecular weight excluding hydrogens is 168 g/mol. The summed E-state index contributed by atoms with van der Waals surface area (Å²) >= 11 is 1.57. The van der Waals surface area contributed by atoms with Gasteiger partial charge in [0.25, 0.3) is 6.43 Å². The van der Waals surface area contributed by atoms with E-state index in [2.05, 4.69) is 0 Å². The van der Waals surface area contributed by atoms with E-state index in [0.29, 0.717) is 0 Å². The Morgan fingerprint density at radius 3 is 2.64 bits per heavy atom. The summed E-state index contributed by atoms with van der Waals surface area (Å²) in [5.41, 5.74) is 4.20. The first-order valence-corrected chi connectivity index (χ1v) is 4.78. The average Bonchev–Trinajstić information content (AvgIpc) is 2.37. The second-order valence-electron chi connectivity index (χ2n) is 3.17. The van der Waals surface area contributed by atoms with E-state index in [1.165, 1.54) is 6.92 Å². The summed E-state index contributed by atoms with van der Waals surface area (Å²) in [5.74, 6) is 0.976. The fraction of sp³-hybridized carbons (Fsp3) is 1.00. The van der Waals surface area contributed by atoms with Gasteiger partial charge in [0.05, 0.1) is 5.54 Å². The Morgan fingerprint density at radius 2 is 2.27 bits per heavy atom. The van der Waals surface area contributed by atoms with Gasteiger partial charge in [-0.2, -0.15) is 11.8 Å². The van der Waals surface area contributed by atoms with Gasteiger partial charge in [-0.25, -0.2) is 8.78 Å². The van der Waals surface area contributed by atoms with Gasteiger partial charge < -0.3 is 5.73 Å². The highest BCUT2D eigenvalue weighted by atomic mass is 32.2. The molecule has 1 aliphatic heterocycles. The van der Waals surface area contributed by atoms with Crippen molar-refractivity contribution in [1.82, 2.24) is 0 Å². The number of hydrogen-bond donors (Lipinski definition) is 1. The Labute approximate surface area is 69.7 Å². The van der Waals surface area contributed by atoms with Crippen LogP contribution in [0.2, 0.25) is 0 Å². The third kappa shape index (κ3) is 1.85. The third-order valence-electron chi connectivity index (χ3n) is 2.09. The normalized spacial score (nSPS) is 30.8. The van der Waals surface area contributed by atoms with E-state index in [9.17, 15) is 8.78 Å². The zero-order chi connectivity index (χ0) is 8.48. The highest BCUT2D eigenvalue weighted by molar-refractivity contribution is 8.00. The number of thioether (sulfide) groups is 1. The van der Waals surface area contributed by atoms with Crippen molar-refractivity contribution < 1.29 is 8.78 Å². The van der Waals surface area contributed by atoms with Gasteiger partial charge in [0.15, 0.2) is 0 Å². The molecule has 11 heavy (non-hydrogen) atoms. The molecule has 0 aromatic carbocycles. The molecule has 0 aromatic rings. The third-order valence-corrected chi connectivity index (χ3v) is 3.76. The van der Waals surface area contributed by atoms with Gasteiger partial charge in [-0.1, -0.05) is 0 Å². The number of halogens is 2. The minimum absolute atomic E-state index is 0.0532. The second-order valence-corrected chi connectivity index (χ2v) is 4.48. The van der Waals surface area contributed by atoms with Crippen molar-refractivity contribution in [3.05, 3.63) is 0 Å². The van der Waals surface area contributed by atoms with Crippen LogP contribution in [0.5, 0.6) is 0 Å². The lowest BCUT2D eigenvalue weighted by molar-refractivity contribution is 0.0621. The molecule has 1 fully saturated rings. The SMILES string of the molecule is CC(N)(C(F)F)C1CCCS1. The van der Waals surface area contributed by atoms with Crippen molar-refractivity contribution in [2.45, 2.75) is 37.0 Å². The van der Waals surface area contributed by atoms with Gasteiger partial charge in [-0.05, 0) is 25.5 Å². The first kappa shape index (κ1) is 9.26. The lowest BCUT2D eigenvalue weighted by atomic mass is 9.96.